The van der Waals surface area contributed by atoms with Crippen molar-refractivity contribution in [2.75, 3.05) is 0 Å². The molecule has 89 heavy (non-hydrogen) atoms. The Morgan fingerprint density at radius 3 is 1.04 bits per heavy atom. The Morgan fingerprint density at radius 1 is 0.348 bits per heavy atom. The molecule has 0 saturated heterocycles. The van der Waals surface area contributed by atoms with Gasteiger partial charge in [0.25, 0.3) is 0 Å². The molecule has 0 aliphatic heterocycles. The largest absolute Gasteiger partial charge is 0.508 e. The minimum atomic E-state index is -2.00. The highest BCUT2D eigenvalue weighted by atomic mass is 16.4. The molecule has 7 amide bonds. The van der Waals surface area contributed by atoms with E-state index < -0.39 is 127 Å². The number of H-pyrrole nitrogens is 1. The molecule has 1 aromatic heterocycles. The van der Waals surface area contributed by atoms with Crippen LogP contribution in [0.1, 0.15) is 46.2 Å². The van der Waals surface area contributed by atoms with Crippen LogP contribution in [-0.4, -0.2) is 143 Å². The fourth-order valence-corrected chi connectivity index (χ4v) is 9.65. The maximum Gasteiger partial charge on any atom is 0.326 e. The normalized spacial score (nSPS) is 13.7. The fourth-order valence-electron chi connectivity index (χ4n) is 9.65. The van der Waals surface area contributed by atoms with E-state index in [-0.39, 0.29) is 49.4 Å². The van der Waals surface area contributed by atoms with Crippen LogP contribution >= 0.6 is 0 Å². The van der Waals surface area contributed by atoms with Crippen LogP contribution in [0.25, 0.3) is 10.9 Å². The fraction of sp³-hybridized carbons (Fsp3) is 0.250. The first-order valence-corrected chi connectivity index (χ1v) is 28.1. The summed E-state index contributed by atoms with van der Waals surface area (Å²) in [5, 5.41) is 78.0. The van der Waals surface area contributed by atoms with Gasteiger partial charge in [-0.15, -0.1) is 0 Å². The van der Waals surface area contributed by atoms with E-state index in [9.17, 15) is 78.6 Å². The van der Waals surface area contributed by atoms with Crippen LogP contribution in [-0.2, 0) is 86.5 Å². The maximum absolute atomic E-state index is 14.8. The smallest absolute Gasteiger partial charge is 0.326 e. The third-order valence-corrected chi connectivity index (χ3v) is 14.3. The predicted octanol–water partition coefficient (Wildman–Crippen LogP) is 1.80. The molecule has 0 aliphatic rings. The van der Waals surface area contributed by atoms with Crippen molar-refractivity contribution in [2.45, 2.75) is 99.7 Å². The number of hydrogen-bond acceptors (Lipinski definition) is 14. The zero-order valence-electron chi connectivity index (χ0n) is 47.7. The zero-order valence-corrected chi connectivity index (χ0v) is 47.7. The summed E-state index contributed by atoms with van der Waals surface area (Å²) in [5.41, 5.74) is 9.82. The van der Waals surface area contributed by atoms with Crippen LogP contribution in [0.2, 0.25) is 0 Å². The number of phenolic OH excluding ortho intramolecular Hbond substituents is 3. The number of aliphatic carboxylic acids is 3. The van der Waals surface area contributed by atoms with E-state index in [0.29, 0.717) is 38.7 Å². The molecule has 464 valence electrons. The molecule has 0 unspecified atom stereocenters. The Hall–Kier alpha value is -11.1. The topological polar surface area (TPSA) is 418 Å². The number of nitrogens with two attached hydrogens (primary N) is 1. The van der Waals surface area contributed by atoms with Gasteiger partial charge < -0.3 is 78.6 Å². The summed E-state index contributed by atoms with van der Waals surface area (Å²) in [7, 11) is 0. The number of amides is 7. The standard InChI is InChI=1S/C64H67N9O16/c65-46(27-36-9-3-1-4-10-36)57(81)67-48(29-38-15-21-42(74)22-16-38)58(82)70-51(32-41-35-66-47-14-8-7-13-45(41)47)61(85)72-52(33-55(77)78)62(86)69-50(30-39-17-23-43(75)24-18-39)59(83)68-49(28-37-11-5-2-6-12-37)60(84)71-53(34-56(79)80)63(87)73-54(64(88)89)31-40-19-25-44(76)26-20-40/h1-26,35,46,48-54,66,74-76H,27-34,65H2,(H,67,81)(H,68,83)(H,69,86)(H,70,82)(H,71,84)(H,72,85)(H,73,87)(H,77,78)(H,79,80)(H,88,89)/t46-,48-,49-,50-,51-,52-,53-,54-/m0/s1. The van der Waals surface area contributed by atoms with E-state index in [0.717, 1.165) is 5.56 Å². The minimum absolute atomic E-state index is 0.0767. The highest BCUT2D eigenvalue weighted by molar-refractivity contribution is 5.99. The third kappa shape index (κ3) is 20.0. The summed E-state index contributed by atoms with van der Waals surface area (Å²) in [6.45, 7) is 0. The summed E-state index contributed by atoms with van der Waals surface area (Å²) in [6.07, 6.45) is -1.96. The molecule has 25 nitrogen and oxygen atoms in total. The van der Waals surface area contributed by atoms with E-state index in [1.807, 2.05) is 0 Å². The average Bonchev–Trinajstić information content (AvgIpc) is 2.43. The summed E-state index contributed by atoms with van der Waals surface area (Å²) in [4.78, 5) is 141. The Morgan fingerprint density at radius 2 is 0.652 bits per heavy atom. The van der Waals surface area contributed by atoms with Crippen molar-refractivity contribution in [1.29, 1.82) is 0 Å². The minimum Gasteiger partial charge on any atom is -0.508 e. The number of fused-ring (bicyclic) bond motifs is 1. The van der Waals surface area contributed by atoms with Gasteiger partial charge in [0.1, 0.15) is 59.5 Å². The van der Waals surface area contributed by atoms with Gasteiger partial charge in [-0.1, -0.05) is 115 Å². The lowest BCUT2D eigenvalue weighted by Gasteiger charge is -2.28. The number of nitrogens with one attached hydrogen (secondary N) is 8. The monoisotopic (exact) mass is 1220 g/mol. The molecule has 0 bridgehead atoms. The molecular weight excluding hydrogens is 1150 g/mol. The second-order valence-corrected chi connectivity index (χ2v) is 21.1. The third-order valence-electron chi connectivity index (χ3n) is 14.3. The second-order valence-electron chi connectivity index (χ2n) is 21.1. The molecule has 0 fully saturated rings. The first-order chi connectivity index (χ1) is 42.6. The number of carboxylic acid groups (broad SMARTS) is 3. The SMILES string of the molecule is N[C@@H](Cc1ccccc1)C(=O)N[C@@H](Cc1ccc(O)cc1)C(=O)N[C@@H](Cc1c[nH]c2ccccc12)C(=O)N[C@@H](CC(=O)O)C(=O)N[C@@H](Cc1ccc(O)cc1)C(=O)N[C@@H](Cc1ccccc1)C(=O)N[C@@H](CC(=O)O)C(=O)N[C@@H](Cc1ccc(O)cc1)C(=O)O. The molecule has 7 aromatic rings. The molecule has 0 radical (unpaired) electrons. The Kier molecular flexibility index (Phi) is 23.1. The van der Waals surface area contributed by atoms with Crippen LogP contribution in [0.5, 0.6) is 17.2 Å². The lowest BCUT2D eigenvalue weighted by atomic mass is 10.00. The van der Waals surface area contributed by atoms with Gasteiger partial charge in [-0.25, -0.2) is 4.79 Å². The quantitative estimate of drug-likeness (QED) is 0.0295. The van der Waals surface area contributed by atoms with Crippen molar-refractivity contribution >= 4 is 70.2 Å². The molecular formula is C64H67N9O16. The Balaban J connectivity index is 1.16. The van der Waals surface area contributed by atoms with Gasteiger partial charge in [0.05, 0.1) is 18.9 Å². The van der Waals surface area contributed by atoms with Crippen LogP contribution in [0.3, 0.4) is 0 Å². The van der Waals surface area contributed by atoms with Crippen LogP contribution in [0, 0.1) is 0 Å². The highest BCUT2D eigenvalue weighted by Crippen LogP contribution is 2.21. The second kappa shape index (κ2) is 31.4. The first-order valence-electron chi connectivity index (χ1n) is 28.1. The van der Waals surface area contributed by atoms with E-state index >= 15 is 0 Å². The van der Waals surface area contributed by atoms with Crippen molar-refractivity contribution in [2.24, 2.45) is 5.73 Å². The summed E-state index contributed by atoms with van der Waals surface area (Å²) < 4.78 is 0. The van der Waals surface area contributed by atoms with Crippen molar-refractivity contribution in [3.8, 4) is 17.2 Å². The molecule has 1 heterocycles. The molecule has 25 heteroatoms. The predicted molar refractivity (Wildman–Crippen MR) is 321 cm³/mol. The summed E-state index contributed by atoms with van der Waals surface area (Å²) >= 11 is 0. The number of benzene rings is 6. The van der Waals surface area contributed by atoms with Gasteiger partial charge in [-0.3, -0.25) is 43.2 Å². The van der Waals surface area contributed by atoms with Crippen LogP contribution in [0.15, 0.2) is 164 Å². The van der Waals surface area contributed by atoms with E-state index in [4.69, 9.17) is 5.73 Å². The number of carboxylic acids is 3. The molecule has 8 atom stereocenters. The number of carbonyl (C=O) groups excluding carboxylic acids is 7. The van der Waals surface area contributed by atoms with E-state index in [1.165, 1.54) is 72.8 Å². The molecule has 7 rings (SSSR count). The lowest BCUT2D eigenvalue weighted by molar-refractivity contribution is -0.144. The van der Waals surface area contributed by atoms with Gasteiger partial charge in [0, 0.05) is 49.2 Å². The Bertz CT molecular complexity index is 3630. The van der Waals surface area contributed by atoms with E-state index in [1.54, 1.807) is 91.1 Å². The van der Waals surface area contributed by atoms with Gasteiger partial charge >= 0.3 is 17.9 Å². The average molecular weight is 1220 g/mol. The van der Waals surface area contributed by atoms with Gasteiger partial charge in [0.15, 0.2) is 0 Å². The van der Waals surface area contributed by atoms with Crippen LogP contribution in [0.4, 0.5) is 0 Å². The molecule has 6 aromatic carbocycles. The van der Waals surface area contributed by atoms with Gasteiger partial charge in [-0.2, -0.15) is 0 Å². The van der Waals surface area contributed by atoms with Crippen molar-refractivity contribution in [3.05, 3.63) is 197 Å². The van der Waals surface area contributed by atoms with Crippen molar-refractivity contribution < 1.29 is 78.6 Å². The summed E-state index contributed by atoms with van der Waals surface area (Å²) in [6, 6.07) is 27.4. The van der Waals surface area contributed by atoms with Crippen LogP contribution < -0.4 is 43.0 Å². The van der Waals surface area contributed by atoms with Crippen molar-refractivity contribution in [1.82, 2.24) is 42.2 Å². The Labute approximate surface area is 509 Å². The number of aromatic amines is 1. The molecule has 0 aliphatic carbocycles. The number of phenols is 3. The number of aromatic nitrogens is 1. The number of hydrogen-bond donors (Lipinski definition) is 15. The zero-order chi connectivity index (χ0) is 64.1. The number of carbonyl (C=O) groups is 10. The number of rotatable bonds is 31. The maximum atomic E-state index is 14.8. The first kappa shape index (κ1) is 65.5. The molecule has 0 saturated carbocycles. The molecule has 0 spiro atoms. The highest BCUT2D eigenvalue weighted by Gasteiger charge is 2.36. The lowest BCUT2D eigenvalue weighted by Crippen LogP contribution is -2.61. The number of aromatic hydroxyl groups is 3. The molecule has 16 N–H and O–H groups in total. The van der Waals surface area contributed by atoms with Crippen molar-refractivity contribution in [3.63, 3.8) is 0 Å². The van der Waals surface area contributed by atoms with E-state index in [2.05, 4.69) is 42.2 Å². The van der Waals surface area contributed by atoms with Gasteiger partial charge in [-0.05, 0) is 82.3 Å². The number of para-hydroxylation sites is 1. The van der Waals surface area contributed by atoms with Gasteiger partial charge in [0.2, 0.25) is 41.4 Å². The summed E-state index contributed by atoms with van der Waals surface area (Å²) in [5.74, 6) is -12.5.